The number of fused-ring (bicyclic) bond motifs is 1. The van der Waals surface area contributed by atoms with E-state index in [1.165, 1.54) is 6.07 Å². The van der Waals surface area contributed by atoms with Crippen LogP contribution in [0.3, 0.4) is 0 Å². The molecule has 0 aliphatic heterocycles. The minimum absolute atomic E-state index is 0.365. The second kappa shape index (κ2) is 6.74. The Hall–Kier alpha value is -2.96. The second-order valence-corrected chi connectivity index (χ2v) is 5.99. The van der Waals surface area contributed by atoms with E-state index in [1.54, 1.807) is 44.3 Å². The van der Waals surface area contributed by atoms with Crippen LogP contribution in [0, 0.1) is 6.92 Å². The molecule has 1 unspecified atom stereocenters. The molecule has 1 N–H and O–H groups in total. The highest BCUT2D eigenvalue weighted by Crippen LogP contribution is 2.30. The van der Waals surface area contributed by atoms with Crippen molar-refractivity contribution in [1.82, 2.24) is 15.3 Å². The lowest BCUT2D eigenvalue weighted by atomic mass is 10.0. The number of alkyl halides is 3. The van der Waals surface area contributed by atoms with Crippen LogP contribution >= 0.6 is 0 Å². The minimum atomic E-state index is -4.43. The Kier molecular flexibility index (Phi) is 4.63. The first kappa shape index (κ1) is 17.8. The number of carbonyl (C=O) groups is 1. The molecule has 7 heteroatoms. The first-order valence-corrected chi connectivity index (χ1v) is 7.96. The summed E-state index contributed by atoms with van der Waals surface area (Å²) in [6.07, 6.45) is -2.81. The molecule has 2 heterocycles. The van der Waals surface area contributed by atoms with Gasteiger partial charge in [0.15, 0.2) is 5.65 Å². The van der Waals surface area contributed by atoms with E-state index in [9.17, 15) is 18.0 Å². The van der Waals surface area contributed by atoms with Gasteiger partial charge >= 0.3 is 6.18 Å². The van der Waals surface area contributed by atoms with Gasteiger partial charge in [-0.3, -0.25) is 4.79 Å². The Bertz CT molecular complexity index is 970. The number of rotatable bonds is 3. The molecule has 0 aliphatic rings. The number of carbonyl (C=O) groups excluding carboxylic acids is 1. The molecule has 0 saturated heterocycles. The zero-order valence-corrected chi connectivity index (χ0v) is 14.1. The van der Waals surface area contributed by atoms with Crippen LogP contribution in [0.1, 0.15) is 40.1 Å². The lowest BCUT2D eigenvalue weighted by Gasteiger charge is -2.17. The fourth-order valence-corrected chi connectivity index (χ4v) is 2.67. The molecule has 0 aliphatic carbocycles. The van der Waals surface area contributed by atoms with Crippen molar-refractivity contribution >= 4 is 16.9 Å². The van der Waals surface area contributed by atoms with E-state index in [0.717, 1.165) is 17.5 Å². The van der Waals surface area contributed by atoms with E-state index in [1.807, 2.05) is 0 Å². The zero-order valence-electron chi connectivity index (χ0n) is 14.1. The standard InChI is InChI=1S/C19H16F3N3O/c1-11(13-5-3-7-15(9-13)19(20,21)22)25-18(26)16-10-14-6-4-8-23-17(14)24-12(16)2/h3-11H,1-2H3,(H,25,26). The largest absolute Gasteiger partial charge is 0.416 e. The molecule has 0 fully saturated rings. The molecule has 0 spiro atoms. The van der Waals surface area contributed by atoms with Gasteiger partial charge in [0.05, 0.1) is 22.9 Å². The van der Waals surface area contributed by atoms with Gasteiger partial charge in [0.2, 0.25) is 0 Å². The second-order valence-electron chi connectivity index (χ2n) is 5.99. The number of hydrogen-bond acceptors (Lipinski definition) is 3. The highest BCUT2D eigenvalue weighted by molar-refractivity contribution is 5.98. The molecule has 0 bridgehead atoms. The number of hydrogen-bond donors (Lipinski definition) is 1. The van der Waals surface area contributed by atoms with Gasteiger partial charge in [0.25, 0.3) is 5.91 Å². The Morgan fingerprint density at radius 1 is 1.15 bits per heavy atom. The summed E-state index contributed by atoms with van der Waals surface area (Å²) in [7, 11) is 0. The Morgan fingerprint density at radius 3 is 2.65 bits per heavy atom. The van der Waals surface area contributed by atoms with Gasteiger partial charge in [-0.1, -0.05) is 12.1 Å². The van der Waals surface area contributed by atoms with Crippen molar-refractivity contribution in [3.05, 3.63) is 71.0 Å². The van der Waals surface area contributed by atoms with Gasteiger partial charge in [-0.2, -0.15) is 13.2 Å². The molecule has 3 rings (SSSR count). The normalized spacial score (nSPS) is 12.8. The average Bonchev–Trinajstić information content (AvgIpc) is 2.60. The van der Waals surface area contributed by atoms with Gasteiger partial charge in [-0.15, -0.1) is 0 Å². The van der Waals surface area contributed by atoms with Crippen molar-refractivity contribution in [2.75, 3.05) is 0 Å². The zero-order chi connectivity index (χ0) is 18.9. The summed E-state index contributed by atoms with van der Waals surface area (Å²) in [4.78, 5) is 21.0. The van der Waals surface area contributed by atoms with Crippen molar-refractivity contribution in [2.24, 2.45) is 0 Å². The molecule has 2 aromatic heterocycles. The summed E-state index contributed by atoms with van der Waals surface area (Å²) in [5.74, 6) is -0.398. The van der Waals surface area contributed by atoms with Crippen molar-refractivity contribution in [2.45, 2.75) is 26.1 Å². The Labute approximate surface area is 148 Å². The fourth-order valence-electron chi connectivity index (χ4n) is 2.67. The topological polar surface area (TPSA) is 54.9 Å². The van der Waals surface area contributed by atoms with E-state index >= 15 is 0 Å². The van der Waals surface area contributed by atoms with E-state index in [0.29, 0.717) is 22.5 Å². The predicted octanol–water partition coefficient (Wildman–Crippen LogP) is 4.45. The molecule has 134 valence electrons. The van der Waals surface area contributed by atoms with Crippen LogP contribution in [0.15, 0.2) is 48.7 Å². The number of halogens is 3. The number of aromatic nitrogens is 2. The molecular weight excluding hydrogens is 343 g/mol. The maximum Gasteiger partial charge on any atom is 0.416 e. The van der Waals surface area contributed by atoms with E-state index in [2.05, 4.69) is 15.3 Å². The lowest BCUT2D eigenvalue weighted by molar-refractivity contribution is -0.137. The maximum absolute atomic E-state index is 12.9. The molecule has 1 aromatic carbocycles. The van der Waals surface area contributed by atoms with Gasteiger partial charge in [0, 0.05) is 11.6 Å². The molecule has 0 radical (unpaired) electrons. The smallest absolute Gasteiger partial charge is 0.345 e. The number of benzene rings is 1. The van der Waals surface area contributed by atoms with Crippen LogP contribution in [0.5, 0.6) is 0 Å². The predicted molar refractivity (Wildman–Crippen MR) is 91.6 cm³/mol. The number of amides is 1. The van der Waals surface area contributed by atoms with Crippen LogP contribution in [0.2, 0.25) is 0 Å². The summed E-state index contributed by atoms with van der Waals surface area (Å²) in [5.41, 5.74) is 1.04. The molecule has 26 heavy (non-hydrogen) atoms. The van der Waals surface area contributed by atoms with Gasteiger partial charge in [-0.05, 0) is 49.7 Å². The van der Waals surface area contributed by atoms with Crippen molar-refractivity contribution in [3.8, 4) is 0 Å². The van der Waals surface area contributed by atoms with Gasteiger partial charge in [0.1, 0.15) is 0 Å². The van der Waals surface area contributed by atoms with Crippen LogP contribution in [0.25, 0.3) is 11.0 Å². The Balaban J connectivity index is 1.85. The fraction of sp³-hybridized carbons (Fsp3) is 0.211. The highest BCUT2D eigenvalue weighted by Gasteiger charge is 2.30. The van der Waals surface area contributed by atoms with Gasteiger partial charge in [-0.25, -0.2) is 9.97 Å². The van der Waals surface area contributed by atoms with Crippen LogP contribution in [-0.4, -0.2) is 15.9 Å². The van der Waals surface area contributed by atoms with Crippen molar-refractivity contribution < 1.29 is 18.0 Å². The third-order valence-electron chi connectivity index (χ3n) is 4.09. The monoisotopic (exact) mass is 359 g/mol. The number of nitrogens with zero attached hydrogens (tertiary/aromatic N) is 2. The van der Waals surface area contributed by atoms with E-state index in [4.69, 9.17) is 0 Å². The average molecular weight is 359 g/mol. The lowest BCUT2D eigenvalue weighted by Crippen LogP contribution is -2.27. The SMILES string of the molecule is Cc1nc2ncccc2cc1C(=O)NC(C)c1cccc(C(F)(F)F)c1. The summed E-state index contributed by atoms with van der Waals surface area (Å²) in [6.45, 7) is 3.33. The number of pyridine rings is 2. The molecule has 1 amide bonds. The summed E-state index contributed by atoms with van der Waals surface area (Å²) in [5, 5.41) is 3.45. The van der Waals surface area contributed by atoms with Crippen LogP contribution < -0.4 is 5.32 Å². The molecule has 3 aromatic rings. The van der Waals surface area contributed by atoms with Crippen molar-refractivity contribution in [3.63, 3.8) is 0 Å². The third kappa shape index (κ3) is 3.66. The summed E-state index contributed by atoms with van der Waals surface area (Å²) >= 11 is 0. The molecular formula is C19H16F3N3O. The highest BCUT2D eigenvalue weighted by atomic mass is 19.4. The number of aryl methyl sites for hydroxylation is 1. The Morgan fingerprint density at radius 2 is 1.92 bits per heavy atom. The van der Waals surface area contributed by atoms with Gasteiger partial charge < -0.3 is 5.32 Å². The quantitative estimate of drug-likeness (QED) is 0.752. The minimum Gasteiger partial charge on any atom is -0.345 e. The van der Waals surface area contributed by atoms with E-state index in [-0.39, 0.29) is 0 Å². The first-order chi connectivity index (χ1) is 12.3. The molecule has 4 nitrogen and oxygen atoms in total. The summed E-state index contributed by atoms with van der Waals surface area (Å²) in [6, 6.07) is 9.55. The molecule has 1 atom stereocenters. The van der Waals surface area contributed by atoms with E-state index < -0.39 is 23.7 Å². The first-order valence-electron chi connectivity index (χ1n) is 7.96. The van der Waals surface area contributed by atoms with Crippen LogP contribution in [-0.2, 0) is 6.18 Å². The molecule has 0 saturated carbocycles. The summed E-state index contributed by atoms with van der Waals surface area (Å²) < 4.78 is 38.6. The van der Waals surface area contributed by atoms with Crippen LogP contribution in [0.4, 0.5) is 13.2 Å². The number of nitrogens with one attached hydrogen (secondary N) is 1. The maximum atomic E-state index is 12.9. The van der Waals surface area contributed by atoms with Crippen molar-refractivity contribution in [1.29, 1.82) is 0 Å². The third-order valence-corrected chi connectivity index (χ3v) is 4.09.